The van der Waals surface area contributed by atoms with E-state index in [4.69, 9.17) is 36.5 Å². The maximum Gasteiger partial charge on any atom is 0.187 e. The van der Waals surface area contributed by atoms with Crippen molar-refractivity contribution in [3.8, 4) is 90.6 Å². The van der Waals surface area contributed by atoms with Gasteiger partial charge in [0.25, 0.3) is 0 Å². The number of hydrogen-bond acceptors (Lipinski definition) is 6. The van der Waals surface area contributed by atoms with Crippen LogP contribution >= 0.6 is 0 Å². The average molecular weight is 718 g/mol. The first kappa shape index (κ1) is 33.9. The molecule has 0 radical (unpaired) electrons. The molecule has 7 heteroatoms. The van der Waals surface area contributed by atoms with Crippen molar-refractivity contribution < 1.29 is 0 Å². The van der Waals surface area contributed by atoms with Crippen LogP contribution in [0.15, 0.2) is 188 Å². The first-order valence-electron chi connectivity index (χ1n) is 18.2. The van der Waals surface area contributed by atoms with Crippen LogP contribution in [-0.4, -0.2) is 29.9 Å². The second-order valence-corrected chi connectivity index (χ2v) is 13.0. The molecule has 2 aromatic heterocycles. The van der Waals surface area contributed by atoms with E-state index >= 15 is 0 Å². The molecule has 0 amide bonds. The molecule has 0 saturated heterocycles. The van der Waals surface area contributed by atoms with E-state index in [-0.39, 0.29) is 0 Å². The van der Waals surface area contributed by atoms with Gasteiger partial charge in [-0.25, -0.2) is 34.7 Å². The van der Waals surface area contributed by atoms with Gasteiger partial charge >= 0.3 is 0 Å². The van der Waals surface area contributed by atoms with Crippen LogP contribution in [0, 0.1) is 6.57 Å². The molecule has 0 atom stereocenters. The van der Waals surface area contributed by atoms with Gasteiger partial charge in [0.2, 0.25) is 0 Å². The minimum atomic E-state index is 0.526. The molecule has 0 aliphatic heterocycles. The Bertz CT molecular complexity index is 2740. The summed E-state index contributed by atoms with van der Waals surface area (Å²) < 4.78 is 0. The number of aromatic nitrogens is 6. The molecule has 7 nitrogen and oxygen atoms in total. The highest BCUT2D eigenvalue weighted by Gasteiger charge is 2.20. The summed E-state index contributed by atoms with van der Waals surface area (Å²) in [6, 6.07) is 61.9. The zero-order valence-corrected chi connectivity index (χ0v) is 30.0. The van der Waals surface area contributed by atoms with Crippen LogP contribution in [0.4, 0.5) is 5.69 Å². The Kier molecular flexibility index (Phi) is 9.18. The second kappa shape index (κ2) is 15.2. The Hall–Kier alpha value is -7.95. The summed E-state index contributed by atoms with van der Waals surface area (Å²) in [7, 11) is 0. The summed E-state index contributed by atoms with van der Waals surface area (Å²) in [5.41, 5.74) is 9.41. The van der Waals surface area contributed by atoms with E-state index < -0.39 is 0 Å². The van der Waals surface area contributed by atoms with Crippen LogP contribution in [0.3, 0.4) is 0 Å². The summed E-state index contributed by atoms with van der Waals surface area (Å²) in [6.45, 7) is 7.80. The Morgan fingerprint density at radius 2 is 0.625 bits per heavy atom. The van der Waals surface area contributed by atoms with Crippen LogP contribution < -0.4 is 0 Å². The van der Waals surface area contributed by atoms with Gasteiger partial charge in [0, 0.05) is 33.4 Å². The van der Waals surface area contributed by atoms with E-state index in [1.807, 2.05) is 164 Å². The Balaban J connectivity index is 1.25. The molecule has 7 aromatic carbocycles. The molecule has 0 N–H and O–H groups in total. The largest absolute Gasteiger partial charge is 0.238 e. The standard InChI is InChI=1S/C49H31N7/c1-50-39-26-16-25-37(31-39)43-32-38(29-30-42(43)49-55-46(35-21-10-4-11-22-35)52-47(56-49)36-23-12-5-13-24-36)40-27-14-15-28-41(40)48-53-44(33-17-6-2-7-18-33)51-45(54-48)34-19-8-3-9-20-34/h2-32H. The van der Waals surface area contributed by atoms with Gasteiger partial charge in [0.15, 0.2) is 40.6 Å². The van der Waals surface area contributed by atoms with Gasteiger partial charge in [-0.15, -0.1) is 0 Å². The molecular weight excluding hydrogens is 687 g/mol. The highest BCUT2D eigenvalue weighted by Crippen LogP contribution is 2.39. The average Bonchev–Trinajstić information content (AvgIpc) is 3.29. The summed E-state index contributed by atoms with van der Waals surface area (Å²) in [5, 5.41) is 0. The summed E-state index contributed by atoms with van der Waals surface area (Å²) >= 11 is 0. The van der Waals surface area contributed by atoms with Crippen LogP contribution in [0.1, 0.15) is 0 Å². The van der Waals surface area contributed by atoms with Crippen molar-refractivity contribution >= 4 is 5.69 Å². The zero-order chi connectivity index (χ0) is 37.7. The van der Waals surface area contributed by atoms with Gasteiger partial charge in [0.1, 0.15) is 0 Å². The summed E-state index contributed by atoms with van der Waals surface area (Å²) in [4.78, 5) is 33.8. The molecule has 0 aliphatic carbocycles. The van der Waals surface area contributed by atoms with Crippen molar-refractivity contribution in [2.75, 3.05) is 0 Å². The molecule has 9 rings (SSSR count). The van der Waals surface area contributed by atoms with E-state index in [1.165, 1.54) is 0 Å². The summed E-state index contributed by atoms with van der Waals surface area (Å²) in [5.74, 6) is 3.42. The van der Waals surface area contributed by atoms with E-state index in [9.17, 15) is 0 Å². The third kappa shape index (κ3) is 6.94. The van der Waals surface area contributed by atoms with Crippen molar-refractivity contribution in [1.29, 1.82) is 0 Å². The quantitative estimate of drug-likeness (QED) is 0.146. The van der Waals surface area contributed by atoms with Gasteiger partial charge in [-0.05, 0) is 40.5 Å². The SMILES string of the molecule is [C-]#[N+]c1cccc(-c2cc(-c3ccccc3-c3nc(-c4ccccc4)nc(-c4ccccc4)n3)ccc2-c2nc(-c3ccccc3)nc(-c3ccccc3)n2)c1. The number of benzene rings is 7. The topological polar surface area (TPSA) is 81.7 Å². The molecule has 262 valence electrons. The van der Waals surface area contributed by atoms with E-state index in [1.54, 1.807) is 0 Å². The highest BCUT2D eigenvalue weighted by atomic mass is 15.0. The smallest absolute Gasteiger partial charge is 0.187 e. The molecular formula is C49H31N7. The molecule has 0 unspecified atom stereocenters. The maximum absolute atomic E-state index is 7.80. The van der Waals surface area contributed by atoms with Gasteiger partial charge in [-0.2, -0.15) is 0 Å². The predicted octanol–water partition coefficient (Wildman–Crippen LogP) is 11.9. The summed E-state index contributed by atoms with van der Waals surface area (Å²) in [6.07, 6.45) is 0. The lowest BCUT2D eigenvalue weighted by atomic mass is 9.92. The van der Waals surface area contributed by atoms with Crippen LogP contribution in [-0.2, 0) is 0 Å². The lowest BCUT2D eigenvalue weighted by molar-refractivity contribution is 1.07. The van der Waals surface area contributed by atoms with Gasteiger partial charge in [0.05, 0.1) is 6.57 Å². The van der Waals surface area contributed by atoms with Crippen molar-refractivity contribution in [2.24, 2.45) is 0 Å². The fourth-order valence-corrected chi connectivity index (χ4v) is 6.68. The Morgan fingerprint density at radius 1 is 0.268 bits per heavy atom. The maximum atomic E-state index is 7.80. The Labute approximate surface area is 324 Å². The second-order valence-electron chi connectivity index (χ2n) is 13.0. The Morgan fingerprint density at radius 3 is 1.07 bits per heavy atom. The minimum Gasteiger partial charge on any atom is -0.238 e. The van der Waals surface area contributed by atoms with E-state index in [0.717, 1.165) is 55.6 Å². The lowest BCUT2D eigenvalue weighted by Gasteiger charge is -2.16. The first-order chi connectivity index (χ1) is 27.7. The van der Waals surface area contributed by atoms with Crippen molar-refractivity contribution in [3.05, 3.63) is 199 Å². The molecule has 56 heavy (non-hydrogen) atoms. The van der Waals surface area contributed by atoms with Crippen molar-refractivity contribution in [3.63, 3.8) is 0 Å². The van der Waals surface area contributed by atoms with Crippen molar-refractivity contribution in [1.82, 2.24) is 29.9 Å². The fourth-order valence-electron chi connectivity index (χ4n) is 6.68. The van der Waals surface area contributed by atoms with Gasteiger partial charge in [-0.3, -0.25) is 0 Å². The molecule has 0 fully saturated rings. The van der Waals surface area contributed by atoms with E-state index in [2.05, 4.69) is 29.1 Å². The molecule has 0 aliphatic rings. The van der Waals surface area contributed by atoms with Gasteiger partial charge < -0.3 is 0 Å². The van der Waals surface area contributed by atoms with Gasteiger partial charge in [-0.1, -0.05) is 170 Å². The number of nitrogens with zero attached hydrogens (tertiary/aromatic N) is 7. The molecule has 0 saturated carbocycles. The third-order valence-electron chi connectivity index (χ3n) is 9.42. The monoisotopic (exact) mass is 717 g/mol. The normalized spacial score (nSPS) is 10.8. The highest BCUT2D eigenvalue weighted by molar-refractivity contribution is 5.90. The van der Waals surface area contributed by atoms with Crippen LogP contribution in [0.5, 0.6) is 0 Å². The van der Waals surface area contributed by atoms with Crippen LogP contribution in [0.25, 0.3) is 95.4 Å². The fraction of sp³-hybridized carbons (Fsp3) is 0. The van der Waals surface area contributed by atoms with E-state index in [0.29, 0.717) is 40.6 Å². The predicted molar refractivity (Wildman–Crippen MR) is 223 cm³/mol. The molecule has 0 spiro atoms. The zero-order valence-electron chi connectivity index (χ0n) is 30.0. The lowest BCUT2D eigenvalue weighted by Crippen LogP contribution is -2.02. The number of hydrogen-bond donors (Lipinski definition) is 0. The molecule has 0 bridgehead atoms. The number of rotatable bonds is 8. The molecule has 2 heterocycles. The molecule has 9 aromatic rings. The first-order valence-corrected chi connectivity index (χ1v) is 18.2. The third-order valence-corrected chi connectivity index (χ3v) is 9.42. The van der Waals surface area contributed by atoms with Crippen LogP contribution in [0.2, 0.25) is 0 Å². The minimum absolute atomic E-state index is 0.526. The van der Waals surface area contributed by atoms with Crippen molar-refractivity contribution in [2.45, 2.75) is 0 Å².